The van der Waals surface area contributed by atoms with E-state index in [1.807, 2.05) is 12.1 Å². The highest BCUT2D eigenvalue weighted by molar-refractivity contribution is 7.87. The Bertz CT molecular complexity index is 639. The number of hydrogen-bond acceptors (Lipinski definition) is 5. The third-order valence-corrected chi connectivity index (χ3v) is 4.77. The van der Waals surface area contributed by atoms with E-state index in [0.29, 0.717) is 24.5 Å². The minimum Gasteiger partial charge on any atom is -0.497 e. The Hall–Kier alpha value is -1.83. The Morgan fingerprint density at radius 2 is 1.82 bits per heavy atom. The summed E-state index contributed by atoms with van der Waals surface area (Å²) in [5, 5.41) is -1.25. The fourth-order valence-electron chi connectivity index (χ4n) is 2.42. The summed E-state index contributed by atoms with van der Waals surface area (Å²) in [4.78, 5) is 13.1. The van der Waals surface area contributed by atoms with Crippen LogP contribution in [0.5, 0.6) is 11.5 Å². The fourth-order valence-corrected chi connectivity index (χ4v) is 3.12. The van der Waals surface area contributed by atoms with E-state index in [9.17, 15) is 17.1 Å². The molecule has 1 saturated heterocycles. The summed E-state index contributed by atoms with van der Waals surface area (Å²) in [7, 11) is -1.59. The molecule has 0 spiro atoms. The van der Waals surface area contributed by atoms with E-state index in [1.165, 1.54) is 4.90 Å². The molecule has 0 saturated carbocycles. The van der Waals surface area contributed by atoms with Crippen LogP contribution in [-0.4, -0.2) is 51.8 Å². The van der Waals surface area contributed by atoms with E-state index in [1.54, 1.807) is 20.3 Å². The number of halogens is 1. The van der Waals surface area contributed by atoms with Crippen LogP contribution in [0, 0.1) is 0 Å². The van der Waals surface area contributed by atoms with Gasteiger partial charge in [-0.2, -0.15) is 8.42 Å². The molecule has 1 aliphatic heterocycles. The predicted octanol–water partition coefficient (Wildman–Crippen LogP) is 1.15. The van der Waals surface area contributed by atoms with Crippen molar-refractivity contribution in [3.63, 3.8) is 0 Å². The highest BCUT2D eigenvalue weighted by atomic mass is 32.3. The number of benzene rings is 1. The van der Waals surface area contributed by atoms with Gasteiger partial charge < -0.3 is 14.4 Å². The molecule has 0 bridgehead atoms. The van der Waals surface area contributed by atoms with Crippen LogP contribution in [0.25, 0.3) is 0 Å². The molecular formula is C14H18FNO5S. The van der Waals surface area contributed by atoms with Crippen LogP contribution in [-0.2, 0) is 21.4 Å². The topological polar surface area (TPSA) is 72.9 Å². The van der Waals surface area contributed by atoms with Crippen molar-refractivity contribution in [1.29, 1.82) is 0 Å². The molecule has 122 valence electrons. The summed E-state index contributed by atoms with van der Waals surface area (Å²) in [6.45, 7) is 0.222. The van der Waals surface area contributed by atoms with Crippen molar-refractivity contribution < 1.29 is 26.6 Å². The summed E-state index contributed by atoms with van der Waals surface area (Å²) in [5.41, 5.74) is 0.885. The van der Waals surface area contributed by atoms with Gasteiger partial charge in [-0.15, -0.1) is 3.89 Å². The van der Waals surface area contributed by atoms with E-state index >= 15 is 0 Å². The molecule has 1 atom stereocenters. The Morgan fingerprint density at radius 3 is 2.27 bits per heavy atom. The molecular weight excluding hydrogens is 313 g/mol. The Balaban J connectivity index is 2.03. The second kappa shape index (κ2) is 6.51. The third kappa shape index (κ3) is 3.88. The first-order chi connectivity index (χ1) is 10.3. The lowest BCUT2D eigenvalue weighted by molar-refractivity contribution is -0.127. The Kier molecular flexibility index (Phi) is 4.90. The molecule has 0 radical (unpaired) electrons. The maximum atomic E-state index is 13.0. The number of carbonyl (C=O) groups is 1. The first-order valence-corrected chi connectivity index (χ1v) is 8.21. The molecule has 1 heterocycles. The van der Waals surface area contributed by atoms with Crippen molar-refractivity contribution in [1.82, 2.24) is 4.90 Å². The standard InChI is InChI=1S/C14H18FNO5S/c1-20-11-5-10(6-12(7-11)21-2)3-4-16-9-13(8-14(16)17)22(15,18)19/h5-7,13H,3-4,8-9H2,1-2H3. The molecule has 0 aliphatic carbocycles. The molecule has 1 unspecified atom stereocenters. The van der Waals surface area contributed by atoms with Crippen LogP contribution in [0.2, 0.25) is 0 Å². The first kappa shape index (κ1) is 16.5. The number of methoxy groups -OCH3 is 2. The molecule has 22 heavy (non-hydrogen) atoms. The van der Waals surface area contributed by atoms with Gasteiger partial charge in [-0.3, -0.25) is 4.79 Å². The molecule has 0 N–H and O–H groups in total. The number of ether oxygens (including phenoxy) is 2. The van der Waals surface area contributed by atoms with E-state index in [4.69, 9.17) is 9.47 Å². The second-order valence-electron chi connectivity index (χ2n) is 5.11. The molecule has 6 nitrogen and oxygen atoms in total. The largest absolute Gasteiger partial charge is 0.497 e. The van der Waals surface area contributed by atoms with Crippen molar-refractivity contribution in [2.75, 3.05) is 27.3 Å². The van der Waals surface area contributed by atoms with Gasteiger partial charge in [0.05, 0.1) is 14.2 Å². The van der Waals surface area contributed by atoms with Crippen molar-refractivity contribution in [2.24, 2.45) is 0 Å². The fraction of sp³-hybridized carbons (Fsp3) is 0.500. The summed E-state index contributed by atoms with van der Waals surface area (Å²) in [6.07, 6.45) is 0.207. The second-order valence-corrected chi connectivity index (χ2v) is 6.73. The minimum absolute atomic E-state index is 0.0984. The van der Waals surface area contributed by atoms with Crippen LogP contribution in [0.4, 0.5) is 3.89 Å². The quantitative estimate of drug-likeness (QED) is 0.731. The molecule has 1 aromatic carbocycles. The van der Waals surface area contributed by atoms with Gasteiger partial charge in [-0.05, 0) is 24.1 Å². The zero-order valence-electron chi connectivity index (χ0n) is 12.4. The van der Waals surface area contributed by atoms with Crippen LogP contribution < -0.4 is 9.47 Å². The number of hydrogen-bond donors (Lipinski definition) is 0. The lowest BCUT2D eigenvalue weighted by atomic mass is 10.1. The summed E-state index contributed by atoms with van der Waals surface area (Å²) >= 11 is 0. The molecule has 2 rings (SSSR count). The highest BCUT2D eigenvalue weighted by Gasteiger charge is 2.38. The molecule has 0 aromatic heterocycles. The van der Waals surface area contributed by atoms with Gasteiger partial charge in [0.2, 0.25) is 5.91 Å². The monoisotopic (exact) mass is 331 g/mol. The lowest BCUT2D eigenvalue weighted by Crippen LogP contribution is -2.29. The van der Waals surface area contributed by atoms with Crippen LogP contribution in [0.3, 0.4) is 0 Å². The molecule has 8 heteroatoms. The SMILES string of the molecule is COc1cc(CCN2CC(S(=O)(=O)F)CC2=O)cc(OC)c1. The van der Waals surface area contributed by atoms with Gasteiger partial charge in [0.1, 0.15) is 16.7 Å². The molecule has 1 fully saturated rings. The molecule has 1 aromatic rings. The van der Waals surface area contributed by atoms with E-state index < -0.39 is 15.5 Å². The summed E-state index contributed by atoms with van der Waals surface area (Å²) < 4.78 is 45.1. The Labute approximate surface area is 129 Å². The minimum atomic E-state index is -4.68. The zero-order chi connectivity index (χ0) is 16.3. The van der Waals surface area contributed by atoms with Gasteiger partial charge in [0.15, 0.2) is 0 Å². The normalized spacial score (nSPS) is 18.6. The van der Waals surface area contributed by atoms with Gasteiger partial charge in [-0.1, -0.05) is 0 Å². The number of carbonyl (C=O) groups excluding carboxylic acids is 1. The van der Waals surface area contributed by atoms with Gasteiger partial charge in [0.25, 0.3) is 0 Å². The van der Waals surface area contributed by atoms with E-state index in [0.717, 1.165) is 5.56 Å². The zero-order valence-corrected chi connectivity index (χ0v) is 13.2. The van der Waals surface area contributed by atoms with Gasteiger partial charge >= 0.3 is 10.2 Å². The van der Waals surface area contributed by atoms with Crippen LogP contribution in [0.1, 0.15) is 12.0 Å². The summed E-state index contributed by atoms with van der Waals surface area (Å²) in [5.74, 6) is 0.915. The van der Waals surface area contributed by atoms with Crippen molar-refractivity contribution >= 4 is 16.1 Å². The molecule has 1 aliphatic rings. The smallest absolute Gasteiger partial charge is 0.307 e. The maximum Gasteiger partial charge on any atom is 0.307 e. The van der Waals surface area contributed by atoms with Crippen molar-refractivity contribution in [3.05, 3.63) is 23.8 Å². The highest BCUT2D eigenvalue weighted by Crippen LogP contribution is 2.24. The van der Waals surface area contributed by atoms with Crippen molar-refractivity contribution in [3.8, 4) is 11.5 Å². The number of amides is 1. The number of likely N-dealkylation sites (tertiary alicyclic amines) is 1. The maximum absolute atomic E-state index is 13.0. The van der Waals surface area contributed by atoms with Crippen LogP contribution in [0.15, 0.2) is 18.2 Å². The van der Waals surface area contributed by atoms with Crippen LogP contribution >= 0.6 is 0 Å². The van der Waals surface area contributed by atoms with Gasteiger partial charge in [0, 0.05) is 25.6 Å². The third-order valence-electron chi connectivity index (χ3n) is 3.66. The first-order valence-electron chi connectivity index (χ1n) is 6.76. The molecule has 1 amide bonds. The van der Waals surface area contributed by atoms with Crippen molar-refractivity contribution in [2.45, 2.75) is 18.1 Å². The van der Waals surface area contributed by atoms with E-state index in [2.05, 4.69) is 0 Å². The Morgan fingerprint density at radius 1 is 1.23 bits per heavy atom. The summed E-state index contributed by atoms with van der Waals surface area (Å²) in [6, 6.07) is 5.36. The average molecular weight is 331 g/mol. The number of rotatable bonds is 6. The van der Waals surface area contributed by atoms with E-state index in [-0.39, 0.29) is 18.9 Å². The lowest BCUT2D eigenvalue weighted by Gasteiger charge is -2.16. The van der Waals surface area contributed by atoms with Gasteiger partial charge in [-0.25, -0.2) is 0 Å². The average Bonchev–Trinajstić information content (AvgIpc) is 2.86. The predicted molar refractivity (Wildman–Crippen MR) is 78.3 cm³/mol. The number of nitrogens with zero attached hydrogens (tertiary/aromatic N) is 1.